The van der Waals surface area contributed by atoms with Crippen LogP contribution in [0.1, 0.15) is 23.4 Å². The van der Waals surface area contributed by atoms with Crippen LogP contribution in [0.25, 0.3) is 0 Å². The monoisotopic (exact) mass is 272 g/mol. The van der Waals surface area contributed by atoms with Crippen LogP contribution in [0.5, 0.6) is 0 Å². The van der Waals surface area contributed by atoms with E-state index in [1.807, 2.05) is 29.8 Å². The smallest absolute Gasteiger partial charge is 0.0970 e. The molecule has 0 bridgehead atoms. The topological polar surface area (TPSA) is 74.7 Å². The summed E-state index contributed by atoms with van der Waals surface area (Å²) < 4.78 is 0. The maximum atomic E-state index is 8.75. The van der Waals surface area contributed by atoms with Crippen LogP contribution in [0.2, 0.25) is 0 Å². The van der Waals surface area contributed by atoms with E-state index in [9.17, 15) is 0 Å². The van der Waals surface area contributed by atoms with Gasteiger partial charge in [-0.15, -0.1) is 11.3 Å². The van der Waals surface area contributed by atoms with E-state index in [0.29, 0.717) is 18.0 Å². The number of hydrogen-bond acceptors (Lipinski definition) is 5. The van der Waals surface area contributed by atoms with Crippen molar-refractivity contribution in [1.29, 1.82) is 5.26 Å². The number of anilines is 2. The first-order valence-corrected chi connectivity index (χ1v) is 6.97. The molecule has 2 rings (SSSR count). The summed E-state index contributed by atoms with van der Waals surface area (Å²) in [6.07, 6.45) is 2.16. The minimum Gasteiger partial charge on any atom is -0.398 e. The van der Waals surface area contributed by atoms with E-state index in [2.05, 4.69) is 23.3 Å². The fourth-order valence-electron chi connectivity index (χ4n) is 1.79. The number of nitrogen functional groups attached to an aromatic ring is 1. The van der Waals surface area contributed by atoms with Crippen LogP contribution in [-0.2, 0) is 6.42 Å². The summed E-state index contributed by atoms with van der Waals surface area (Å²) in [7, 11) is 0. The lowest BCUT2D eigenvalue weighted by molar-refractivity contribution is 0.795. The van der Waals surface area contributed by atoms with Crippen LogP contribution in [-0.4, -0.2) is 11.5 Å². The Morgan fingerprint density at radius 3 is 3.05 bits per heavy atom. The first-order chi connectivity index (χ1) is 9.20. The molecule has 0 radical (unpaired) electrons. The molecule has 0 saturated carbocycles. The lowest BCUT2D eigenvalue weighted by atomic mass is 10.1. The van der Waals surface area contributed by atoms with Gasteiger partial charge in [-0.2, -0.15) is 5.26 Å². The van der Waals surface area contributed by atoms with Crippen molar-refractivity contribution in [3.63, 3.8) is 0 Å². The van der Waals surface area contributed by atoms with Crippen molar-refractivity contribution in [2.75, 3.05) is 17.6 Å². The fraction of sp³-hybridized carbons (Fsp3) is 0.286. The number of nitrogens with two attached hydrogens (primary N) is 1. The summed E-state index contributed by atoms with van der Waals surface area (Å²) in [5.74, 6) is 0.358. The number of thiazole rings is 1. The van der Waals surface area contributed by atoms with Gasteiger partial charge in [-0.05, 0) is 23.8 Å². The number of nitrogens with one attached hydrogen (secondary N) is 1. The lowest BCUT2D eigenvalue weighted by Gasteiger charge is -2.12. The summed E-state index contributed by atoms with van der Waals surface area (Å²) in [6.45, 7) is 2.95. The highest BCUT2D eigenvalue weighted by atomic mass is 32.1. The summed E-state index contributed by atoms with van der Waals surface area (Å²) in [6, 6.07) is 7.83. The molecule has 1 heterocycles. The maximum absolute atomic E-state index is 8.75. The van der Waals surface area contributed by atoms with Gasteiger partial charge in [0.2, 0.25) is 0 Å². The predicted octanol–water partition coefficient (Wildman–Crippen LogP) is 3.01. The molecule has 0 amide bonds. The highest BCUT2D eigenvalue weighted by Gasteiger charge is 2.08. The molecule has 1 aromatic heterocycles. The molecule has 1 atom stereocenters. The van der Waals surface area contributed by atoms with E-state index in [1.54, 1.807) is 11.3 Å². The van der Waals surface area contributed by atoms with Gasteiger partial charge >= 0.3 is 0 Å². The second-order valence-electron chi connectivity index (χ2n) is 4.40. The average Bonchev–Trinajstić information content (AvgIpc) is 2.93. The van der Waals surface area contributed by atoms with Crippen LogP contribution in [0.4, 0.5) is 11.4 Å². The number of nitrogens with zero attached hydrogens (tertiary/aromatic N) is 2. The average molecular weight is 272 g/mol. The third-order valence-corrected chi connectivity index (χ3v) is 3.90. The Morgan fingerprint density at radius 2 is 2.37 bits per heavy atom. The molecule has 0 aliphatic heterocycles. The van der Waals surface area contributed by atoms with E-state index in [0.717, 1.165) is 22.8 Å². The van der Waals surface area contributed by atoms with E-state index < -0.39 is 0 Å². The Balaban J connectivity index is 2.00. The van der Waals surface area contributed by atoms with Crippen molar-refractivity contribution >= 4 is 22.7 Å². The first kappa shape index (κ1) is 13.4. The summed E-state index contributed by atoms with van der Waals surface area (Å²) in [4.78, 5) is 4.31. The number of hydrogen-bond donors (Lipinski definition) is 2. The van der Waals surface area contributed by atoms with Crippen LogP contribution in [0.3, 0.4) is 0 Å². The Kier molecular flexibility index (Phi) is 4.37. The van der Waals surface area contributed by atoms with Crippen LogP contribution < -0.4 is 11.1 Å². The van der Waals surface area contributed by atoms with Crippen molar-refractivity contribution in [2.24, 2.45) is 0 Å². The van der Waals surface area contributed by atoms with Gasteiger partial charge in [0.25, 0.3) is 0 Å². The van der Waals surface area contributed by atoms with Crippen molar-refractivity contribution in [3.8, 4) is 6.07 Å². The molecule has 0 spiro atoms. The summed E-state index contributed by atoms with van der Waals surface area (Å²) >= 11 is 1.67. The minimum absolute atomic E-state index is 0.337. The molecule has 1 aromatic carbocycles. The number of nitriles is 1. The first-order valence-electron chi connectivity index (χ1n) is 6.09. The van der Waals surface area contributed by atoms with E-state index in [4.69, 9.17) is 11.0 Å². The molecule has 0 aliphatic rings. The van der Waals surface area contributed by atoms with Gasteiger partial charge in [-0.3, -0.25) is 0 Å². The van der Waals surface area contributed by atoms with Crippen LogP contribution in [0.15, 0.2) is 29.8 Å². The standard InChI is InChI=1S/C14H16N4S/c1-10(14-17-6-7-19-14)9-18-12-2-3-13(16)11(8-12)4-5-15/h2-3,6-8,10,18H,4,9,16H2,1H3. The second-order valence-corrected chi connectivity index (χ2v) is 5.33. The molecule has 0 fully saturated rings. The lowest BCUT2D eigenvalue weighted by Crippen LogP contribution is -2.10. The SMILES string of the molecule is CC(CNc1ccc(N)c(CC#N)c1)c1nccs1. The second kappa shape index (κ2) is 6.21. The van der Waals surface area contributed by atoms with Gasteiger partial charge < -0.3 is 11.1 Å². The maximum Gasteiger partial charge on any atom is 0.0970 e. The quantitative estimate of drug-likeness (QED) is 0.820. The molecular formula is C14H16N4S. The zero-order valence-corrected chi connectivity index (χ0v) is 11.6. The minimum atomic E-state index is 0.337. The zero-order valence-electron chi connectivity index (χ0n) is 10.8. The third kappa shape index (κ3) is 3.46. The molecule has 1 unspecified atom stereocenters. The Morgan fingerprint density at radius 1 is 1.53 bits per heavy atom. The zero-order chi connectivity index (χ0) is 13.7. The van der Waals surface area contributed by atoms with Crippen LogP contribution >= 0.6 is 11.3 Å². The molecule has 0 aliphatic carbocycles. The Bertz CT molecular complexity index is 572. The van der Waals surface area contributed by atoms with Gasteiger partial charge in [0.1, 0.15) is 0 Å². The Labute approximate surface area is 116 Å². The molecule has 5 heteroatoms. The van der Waals surface area contributed by atoms with Crippen molar-refractivity contribution in [1.82, 2.24) is 4.98 Å². The van der Waals surface area contributed by atoms with Crippen molar-refractivity contribution < 1.29 is 0 Å². The van der Waals surface area contributed by atoms with Crippen molar-refractivity contribution in [2.45, 2.75) is 19.3 Å². The van der Waals surface area contributed by atoms with Gasteiger partial charge in [0.05, 0.1) is 17.5 Å². The number of rotatable bonds is 5. The molecule has 19 heavy (non-hydrogen) atoms. The summed E-state index contributed by atoms with van der Waals surface area (Å²) in [5, 5.41) is 15.2. The molecule has 4 nitrogen and oxygen atoms in total. The summed E-state index contributed by atoms with van der Waals surface area (Å²) in [5.41, 5.74) is 8.35. The molecule has 2 aromatic rings. The number of aromatic nitrogens is 1. The van der Waals surface area contributed by atoms with E-state index >= 15 is 0 Å². The molecule has 0 saturated heterocycles. The number of benzene rings is 1. The van der Waals surface area contributed by atoms with Crippen LogP contribution in [0, 0.1) is 11.3 Å². The van der Waals surface area contributed by atoms with E-state index in [-0.39, 0.29) is 0 Å². The van der Waals surface area contributed by atoms with Gasteiger partial charge in [0.15, 0.2) is 0 Å². The largest absolute Gasteiger partial charge is 0.398 e. The highest BCUT2D eigenvalue weighted by molar-refractivity contribution is 7.09. The van der Waals surface area contributed by atoms with Crippen molar-refractivity contribution in [3.05, 3.63) is 40.3 Å². The fourth-order valence-corrected chi connectivity index (χ4v) is 2.49. The normalized spacial score (nSPS) is 11.8. The molecule has 98 valence electrons. The Hall–Kier alpha value is -2.06. The third-order valence-electron chi connectivity index (χ3n) is 2.90. The predicted molar refractivity (Wildman–Crippen MR) is 79.2 cm³/mol. The van der Waals surface area contributed by atoms with Gasteiger partial charge in [-0.25, -0.2) is 4.98 Å². The molecule has 3 N–H and O–H groups in total. The molecular weight excluding hydrogens is 256 g/mol. The highest BCUT2D eigenvalue weighted by Crippen LogP contribution is 2.21. The van der Waals surface area contributed by atoms with E-state index in [1.165, 1.54) is 0 Å². The van der Waals surface area contributed by atoms with Gasteiger partial charge in [0, 0.05) is 35.4 Å². The van der Waals surface area contributed by atoms with Gasteiger partial charge in [-0.1, -0.05) is 6.92 Å².